The van der Waals surface area contributed by atoms with Gasteiger partial charge in [-0.2, -0.15) is 9.61 Å². The third-order valence-corrected chi connectivity index (χ3v) is 5.88. The molecule has 2 aliphatic rings. The second kappa shape index (κ2) is 5.62. The average molecular weight is 306 g/mol. The fourth-order valence-electron chi connectivity index (χ4n) is 3.48. The first-order valence-electron chi connectivity index (χ1n) is 8.00. The lowest BCUT2D eigenvalue weighted by molar-refractivity contribution is 0.184. The molecule has 1 saturated carbocycles. The minimum absolute atomic E-state index is 0.371. The summed E-state index contributed by atoms with van der Waals surface area (Å²) in [7, 11) is 0. The van der Waals surface area contributed by atoms with Crippen molar-refractivity contribution >= 4 is 16.3 Å². The number of aromatic nitrogens is 4. The summed E-state index contributed by atoms with van der Waals surface area (Å²) < 4.78 is 2.01. The lowest BCUT2D eigenvalue weighted by Gasteiger charge is -2.31. The Balaban J connectivity index is 1.61. The smallest absolute Gasteiger partial charge is 0.234 e. The molecule has 1 unspecified atom stereocenters. The van der Waals surface area contributed by atoms with Gasteiger partial charge in [-0.15, -0.1) is 10.2 Å². The Bertz CT molecular complexity index is 608. The van der Waals surface area contributed by atoms with Crippen molar-refractivity contribution < 1.29 is 0 Å². The van der Waals surface area contributed by atoms with Gasteiger partial charge in [-0.05, 0) is 19.8 Å². The molecule has 0 spiro atoms. The summed E-state index contributed by atoms with van der Waals surface area (Å²) in [6.45, 7) is 6.59. The van der Waals surface area contributed by atoms with Crippen LogP contribution in [0.15, 0.2) is 0 Å². The largest absolute Gasteiger partial charge is 0.314 e. The van der Waals surface area contributed by atoms with E-state index in [4.69, 9.17) is 5.10 Å². The molecule has 0 aromatic carbocycles. The molecule has 3 heterocycles. The average Bonchev–Trinajstić information content (AvgIpc) is 3.23. The summed E-state index contributed by atoms with van der Waals surface area (Å²) in [6, 6.07) is 0.371. The maximum atomic E-state index is 4.84. The van der Waals surface area contributed by atoms with Crippen LogP contribution < -0.4 is 5.32 Å². The number of fused-ring (bicyclic) bond motifs is 1. The molecule has 0 radical (unpaired) electrons. The summed E-state index contributed by atoms with van der Waals surface area (Å²) in [5.41, 5.74) is 0. The molecule has 1 aliphatic heterocycles. The Morgan fingerprint density at radius 3 is 2.71 bits per heavy atom. The first kappa shape index (κ1) is 13.6. The molecule has 1 atom stereocenters. The molecule has 6 nitrogen and oxygen atoms in total. The maximum absolute atomic E-state index is 4.84. The minimum Gasteiger partial charge on any atom is -0.314 e. The highest BCUT2D eigenvalue weighted by Gasteiger charge is 2.26. The second-order valence-corrected chi connectivity index (χ2v) is 7.12. The van der Waals surface area contributed by atoms with Gasteiger partial charge in [-0.25, -0.2) is 0 Å². The summed E-state index contributed by atoms with van der Waals surface area (Å²) in [5, 5.41) is 18.1. The van der Waals surface area contributed by atoms with Gasteiger partial charge in [0.15, 0.2) is 5.82 Å². The Hall–Kier alpha value is -1.05. The van der Waals surface area contributed by atoms with E-state index in [9.17, 15) is 0 Å². The van der Waals surface area contributed by atoms with Crippen molar-refractivity contribution in [3.8, 4) is 0 Å². The number of hydrogen-bond donors (Lipinski definition) is 1. The molecular formula is C14H22N6S. The zero-order valence-corrected chi connectivity index (χ0v) is 13.3. The van der Waals surface area contributed by atoms with Crippen LogP contribution in [0.2, 0.25) is 0 Å². The van der Waals surface area contributed by atoms with Crippen molar-refractivity contribution in [2.75, 3.05) is 26.2 Å². The molecular weight excluding hydrogens is 284 g/mol. The third-order valence-electron chi connectivity index (χ3n) is 4.81. The highest BCUT2D eigenvalue weighted by atomic mass is 32.1. The van der Waals surface area contributed by atoms with E-state index in [1.807, 2.05) is 4.52 Å². The molecule has 7 heteroatoms. The summed E-state index contributed by atoms with van der Waals surface area (Å²) >= 11 is 1.69. The van der Waals surface area contributed by atoms with Crippen molar-refractivity contribution in [2.45, 2.75) is 44.6 Å². The van der Waals surface area contributed by atoms with Gasteiger partial charge in [0.2, 0.25) is 4.96 Å². The molecule has 2 aromatic rings. The lowest BCUT2D eigenvalue weighted by Crippen LogP contribution is -2.44. The van der Waals surface area contributed by atoms with Crippen molar-refractivity contribution in [3.63, 3.8) is 0 Å². The van der Waals surface area contributed by atoms with E-state index in [2.05, 4.69) is 27.3 Å². The van der Waals surface area contributed by atoms with Crippen molar-refractivity contribution in [3.05, 3.63) is 10.8 Å². The fourth-order valence-corrected chi connectivity index (χ4v) is 4.41. The third kappa shape index (κ3) is 2.47. The van der Waals surface area contributed by atoms with Crippen LogP contribution in [0.25, 0.3) is 4.96 Å². The van der Waals surface area contributed by atoms with Crippen molar-refractivity contribution in [1.29, 1.82) is 0 Å². The van der Waals surface area contributed by atoms with E-state index in [1.54, 1.807) is 11.3 Å². The Kier molecular flexibility index (Phi) is 3.64. The SMILES string of the molecule is CC(c1nn2c(C3CCCC3)nnc2s1)N1CCNCC1. The number of hydrogen-bond acceptors (Lipinski definition) is 6. The van der Waals surface area contributed by atoms with Gasteiger partial charge in [0.25, 0.3) is 0 Å². The second-order valence-electron chi connectivity index (χ2n) is 6.14. The van der Waals surface area contributed by atoms with Crippen LogP contribution in [-0.2, 0) is 0 Å². The lowest BCUT2D eigenvalue weighted by atomic mass is 10.1. The van der Waals surface area contributed by atoms with Crippen molar-refractivity contribution in [2.24, 2.45) is 0 Å². The molecule has 2 fully saturated rings. The monoisotopic (exact) mass is 306 g/mol. The summed E-state index contributed by atoms with van der Waals surface area (Å²) in [5.74, 6) is 1.64. The van der Waals surface area contributed by atoms with Crippen LogP contribution >= 0.6 is 11.3 Å². The number of rotatable bonds is 3. The van der Waals surface area contributed by atoms with Gasteiger partial charge in [0.05, 0.1) is 6.04 Å². The quantitative estimate of drug-likeness (QED) is 0.937. The molecule has 1 aliphatic carbocycles. The van der Waals surface area contributed by atoms with Crippen LogP contribution in [0.3, 0.4) is 0 Å². The van der Waals surface area contributed by atoms with Gasteiger partial charge in [-0.1, -0.05) is 24.2 Å². The molecule has 0 bridgehead atoms. The molecule has 21 heavy (non-hydrogen) atoms. The minimum atomic E-state index is 0.371. The number of nitrogens with one attached hydrogen (secondary N) is 1. The zero-order valence-electron chi connectivity index (χ0n) is 12.5. The van der Waals surface area contributed by atoms with Crippen molar-refractivity contribution in [1.82, 2.24) is 30.0 Å². The Morgan fingerprint density at radius 2 is 1.95 bits per heavy atom. The van der Waals surface area contributed by atoms with Gasteiger partial charge in [0.1, 0.15) is 5.01 Å². The molecule has 114 valence electrons. The van der Waals surface area contributed by atoms with Crippen LogP contribution in [-0.4, -0.2) is 50.9 Å². The molecule has 1 N–H and O–H groups in total. The predicted molar refractivity (Wildman–Crippen MR) is 82.7 cm³/mol. The summed E-state index contributed by atoms with van der Waals surface area (Å²) in [4.78, 5) is 3.45. The van der Waals surface area contributed by atoms with Gasteiger partial charge < -0.3 is 5.32 Å². The predicted octanol–water partition coefficient (Wildman–Crippen LogP) is 1.81. The zero-order chi connectivity index (χ0) is 14.2. The summed E-state index contributed by atoms with van der Waals surface area (Å²) in [6.07, 6.45) is 5.10. The first-order valence-corrected chi connectivity index (χ1v) is 8.81. The van der Waals surface area contributed by atoms with E-state index in [-0.39, 0.29) is 0 Å². The van der Waals surface area contributed by atoms with E-state index in [0.29, 0.717) is 12.0 Å². The highest BCUT2D eigenvalue weighted by molar-refractivity contribution is 7.16. The molecule has 2 aromatic heterocycles. The van der Waals surface area contributed by atoms with Crippen LogP contribution in [0.4, 0.5) is 0 Å². The standard InChI is InChI=1S/C14H22N6S/c1-10(19-8-6-15-7-9-19)13-18-20-12(11-4-2-3-5-11)16-17-14(20)21-13/h10-11,15H,2-9H2,1H3. The van der Waals surface area contributed by atoms with E-state index >= 15 is 0 Å². The number of piperazine rings is 1. The molecule has 0 amide bonds. The highest BCUT2D eigenvalue weighted by Crippen LogP contribution is 2.34. The Labute approximate surface area is 128 Å². The maximum Gasteiger partial charge on any atom is 0.234 e. The normalized spacial score (nSPS) is 23.1. The van der Waals surface area contributed by atoms with E-state index in [1.165, 1.54) is 30.7 Å². The topological polar surface area (TPSA) is 58.4 Å². The van der Waals surface area contributed by atoms with E-state index in [0.717, 1.165) is 37.0 Å². The van der Waals surface area contributed by atoms with Crippen LogP contribution in [0.1, 0.15) is 55.4 Å². The molecule has 4 rings (SSSR count). The van der Waals surface area contributed by atoms with Crippen LogP contribution in [0, 0.1) is 0 Å². The van der Waals surface area contributed by atoms with Gasteiger partial charge in [-0.3, -0.25) is 4.90 Å². The molecule has 1 saturated heterocycles. The van der Waals surface area contributed by atoms with E-state index < -0.39 is 0 Å². The van der Waals surface area contributed by atoms with Gasteiger partial charge in [0, 0.05) is 32.1 Å². The van der Waals surface area contributed by atoms with Gasteiger partial charge >= 0.3 is 0 Å². The first-order chi connectivity index (χ1) is 10.3. The Morgan fingerprint density at radius 1 is 1.19 bits per heavy atom. The fraction of sp³-hybridized carbons (Fsp3) is 0.786. The number of nitrogens with zero attached hydrogens (tertiary/aromatic N) is 5. The van der Waals surface area contributed by atoms with Crippen LogP contribution in [0.5, 0.6) is 0 Å².